The summed E-state index contributed by atoms with van der Waals surface area (Å²) in [4.78, 5) is 27.1. The third-order valence-corrected chi connectivity index (χ3v) is 4.89. The molecule has 1 aromatic carbocycles. The van der Waals surface area contributed by atoms with Gasteiger partial charge in [-0.1, -0.05) is 30.3 Å². The second-order valence-electron chi connectivity index (χ2n) is 7.47. The molecule has 1 aliphatic heterocycles. The maximum absolute atomic E-state index is 14.7. The Bertz CT molecular complexity index is 967. The first-order valence-corrected chi connectivity index (χ1v) is 10.3. The highest BCUT2D eigenvalue weighted by molar-refractivity contribution is 5.82. The van der Waals surface area contributed by atoms with E-state index in [9.17, 15) is 22.4 Å². The van der Waals surface area contributed by atoms with Gasteiger partial charge in [0.05, 0.1) is 13.2 Å². The van der Waals surface area contributed by atoms with E-state index in [0.717, 1.165) is 24.9 Å². The minimum absolute atomic E-state index is 0.0831. The molecule has 0 spiro atoms. The van der Waals surface area contributed by atoms with Gasteiger partial charge < -0.3 is 25.4 Å². The SMILES string of the molecule is COc1nc(N(C)Cc2ccccc2)c(F)cc1CNC(=O)C1CCCN1.O=C(O)C(F)(F)F. The van der Waals surface area contributed by atoms with Gasteiger partial charge in [0.25, 0.3) is 0 Å². The zero-order valence-electron chi connectivity index (χ0n) is 18.7. The molecule has 34 heavy (non-hydrogen) atoms. The minimum atomic E-state index is -5.08. The molecule has 8 nitrogen and oxygen atoms in total. The molecule has 0 saturated carbocycles. The van der Waals surface area contributed by atoms with Crippen LogP contribution in [0.15, 0.2) is 36.4 Å². The van der Waals surface area contributed by atoms with E-state index in [-0.39, 0.29) is 24.3 Å². The number of alkyl halides is 3. The number of hydrogen-bond donors (Lipinski definition) is 3. The molecular formula is C22H26F4N4O4. The summed E-state index contributed by atoms with van der Waals surface area (Å²) in [5.74, 6) is -2.76. The van der Waals surface area contributed by atoms with E-state index < -0.39 is 18.0 Å². The quantitative estimate of drug-likeness (QED) is 0.517. The fraction of sp³-hybridized carbons (Fsp3) is 0.409. The van der Waals surface area contributed by atoms with E-state index in [1.54, 1.807) is 11.9 Å². The van der Waals surface area contributed by atoms with E-state index in [2.05, 4.69) is 15.6 Å². The largest absolute Gasteiger partial charge is 0.490 e. The number of carboxylic acid groups (broad SMARTS) is 1. The van der Waals surface area contributed by atoms with Crippen LogP contribution < -0.4 is 20.3 Å². The van der Waals surface area contributed by atoms with Crippen LogP contribution in [0.5, 0.6) is 5.88 Å². The Kier molecular flexibility index (Phi) is 9.60. The van der Waals surface area contributed by atoms with Crippen molar-refractivity contribution in [3.8, 4) is 5.88 Å². The number of anilines is 1. The Balaban J connectivity index is 0.000000509. The minimum Gasteiger partial charge on any atom is -0.481 e. The maximum atomic E-state index is 14.7. The number of halogens is 4. The van der Waals surface area contributed by atoms with Crippen molar-refractivity contribution in [2.24, 2.45) is 0 Å². The first-order valence-electron chi connectivity index (χ1n) is 10.3. The van der Waals surface area contributed by atoms with Crippen LogP contribution in [0.25, 0.3) is 0 Å². The summed E-state index contributed by atoms with van der Waals surface area (Å²) in [6, 6.07) is 11.0. The number of nitrogens with zero attached hydrogens (tertiary/aromatic N) is 2. The Labute approximate surface area is 193 Å². The number of carbonyl (C=O) groups is 2. The molecule has 12 heteroatoms. The fourth-order valence-corrected chi connectivity index (χ4v) is 3.22. The van der Waals surface area contributed by atoms with Crippen molar-refractivity contribution >= 4 is 17.7 Å². The molecule has 186 valence electrons. The van der Waals surface area contributed by atoms with Crippen LogP contribution in [0, 0.1) is 5.82 Å². The highest BCUT2D eigenvalue weighted by Crippen LogP contribution is 2.25. The summed E-state index contributed by atoms with van der Waals surface area (Å²) < 4.78 is 51.7. The number of rotatable bonds is 7. The smallest absolute Gasteiger partial charge is 0.481 e. The van der Waals surface area contributed by atoms with Crippen LogP contribution in [0.1, 0.15) is 24.0 Å². The summed E-state index contributed by atoms with van der Waals surface area (Å²) in [6.07, 6.45) is -3.28. The molecule has 0 radical (unpaired) electrons. The molecule has 1 aliphatic rings. The van der Waals surface area contributed by atoms with E-state index in [0.29, 0.717) is 18.0 Å². The number of pyridine rings is 1. The topological polar surface area (TPSA) is 104 Å². The molecule has 3 rings (SSSR count). The van der Waals surface area contributed by atoms with Gasteiger partial charge in [-0.25, -0.2) is 9.18 Å². The number of ether oxygens (including phenoxy) is 1. The standard InChI is InChI=1S/C20H25FN4O2.C2HF3O2/c1-25(13-14-7-4-3-5-8-14)18-16(21)11-15(20(24-18)27-2)12-23-19(26)17-9-6-10-22-17;3-2(4,5)1(6)7/h3-5,7-8,11,17,22H,6,9-10,12-13H2,1-2H3,(H,23,26);(H,6,7). The Morgan fingerprint density at radius 2 is 1.94 bits per heavy atom. The van der Waals surface area contributed by atoms with Crippen LogP contribution in [0.4, 0.5) is 23.4 Å². The molecule has 1 unspecified atom stereocenters. The molecule has 1 saturated heterocycles. The predicted octanol–water partition coefficient (Wildman–Crippen LogP) is 2.87. The van der Waals surface area contributed by atoms with Crippen molar-refractivity contribution in [1.82, 2.24) is 15.6 Å². The lowest BCUT2D eigenvalue weighted by Gasteiger charge is -2.21. The molecule has 0 aliphatic carbocycles. The van der Waals surface area contributed by atoms with Gasteiger partial charge in [-0.2, -0.15) is 18.2 Å². The van der Waals surface area contributed by atoms with Gasteiger partial charge in [-0.15, -0.1) is 0 Å². The monoisotopic (exact) mass is 486 g/mol. The van der Waals surface area contributed by atoms with E-state index >= 15 is 0 Å². The third-order valence-electron chi connectivity index (χ3n) is 4.89. The number of aliphatic carboxylic acids is 1. The molecule has 1 aromatic heterocycles. The molecule has 3 N–H and O–H groups in total. The van der Waals surface area contributed by atoms with Gasteiger partial charge in [0.15, 0.2) is 11.6 Å². The highest BCUT2D eigenvalue weighted by Gasteiger charge is 2.38. The van der Waals surface area contributed by atoms with Crippen molar-refractivity contribution in [3.63, 3.8) is 0 Å². The average molecular weight is 486 g/mol. The first kappa shape index (κ1) is 26.8. The number of aromatic nitrogens is 1. The van der Waals surface area contributed by atoms with Crippen LogP contribution in [0.3, 0.4) is 0 Å². The zero-order valence-corrected chi connectivity index (χ0v) is 18.7. The zero-order chi connectivity index (χ0) is 25.3. The van der Waals surface area contributed by atoms with Crippen LogP contribution in [0.2, 0.25) is 0 Å². The average Bonchev–Trinajstić information content (AvgIpc) is 3.33. The van der Waals surface area contributed by atoms with Crippen molar-refractivity contribution in [3.05, 3.63) is 53.3 Å². The molecule has 1 atom stereocenters. The van der Waals surface area contributed by atoms with Crippen LogP contribution in [-0.2, 0) is 22.7 Å². The van der Waals surface area contributed by atoms with Crippen molar-refractivity contribution in [2.45, 2.75) is 38.1 Å². The van der Waals surface area contributed by atoms with Crippen molar-refractivity contribution in [1.29, 1.82) is 0 Å². The third kappa shape index (κ3) is 7.87. The summed E-state index contributed by atoms with van der Waals surface area (Å²) in [6.45, 7) is 1.55. The van der Waals surface area contributed by atoms with Crippen LogP contribution >= 0.6 is 0 Å². The Morgan fingerprint density at radius 3 is 2.47 bits per heavy atom. The number of carbonyl (C=O) groups excluding carboxylic acids is 1. The van der Waals surface area contributed by atoms with Gasteiger partial charge in [-0.05, 0) is 31.0 Å². The van der Waals surface area contributed by atoms with Crippen LogP contribution in [-0.4, -0.2) is 54.9 Å². The normalized spacial score (nSPS) is 15.2. The van der Waals surface area contributed by atoms with Gasteiger partial charge in [0.2, 0.25) is 11.8 Å². The molecule has 1 amide bonds. The number of benzene rings is 1. The summed E-state index contributed by atoms with van der Waals surface area (Å²) in [5, 5.41) is 13.1. The lowest BCUT2D eigenvalue weighted by atomic mass is 10.2. The molecule has 0 bridgehead atoms. The van der Waals surface area contributed by atoms with E-state index in [1.807, 2.05) is 30.3 Å². The molecule has 2 aromatic rings. The maximum Gasteiger partial charge on any atom is 0.490 e. The number of carboxylic acids is 1. The van der Waals surface area contributed by atoms with Gasteiger partial charge >= 0.3 is 12.1 Å². The summed E-state index contributed by atoms with van der Waals surface area (Å²) in [5.41, 5.74) is 1.57. The number of hydrogen-bond acceptors (Lipinski definition) is 6. The van der Waals surface area contributed by atoms with Crippen molar-refractivity contribution < 1.29 is 37.0 Å². The van der Waals surface area contributed by atoms with Crippen molar-refractivity contribution in [2.75, 3.05) is 25.6 Å². The second-order valence-corrected chi connectivity index (χ2v) is 7.47. The molecular weight excluding hydrogens is 460 g/mol. The molecule has 1 fully saturated rings. The summed E-state index contributed by atoms with van der Waals surface area (Å²) >= 11 is 0. The molecule has 2 heterocycles. The first-order chi connectivity index (χ1) is 16.0. The number of amides is 1. The lowest BCUT2D eigenvalue weighted by Crippen LogP contribution is -2.40. The summed E-state index contributed by atoms with van der Waals surface area (Å²) in [7, 11) is 3.27. The van der Waals surface area contributed by atoms with E-state index in [1.165, 1.54) is 13.2 Å². The fourth-order valence-electron chi connectivity index (χ4n) is 3.22. The Morgan fingerprint density at radius 1 is 1.29 bits per heavy atom. The lowest BCUT2D eigenvalue weighted by molar-refractivity contribution is -0.192. The second kappa shape index (κ2) is 12.2. The van der Waals surface area contributed by atoms with Gasteiger partial charge in [-0.3, -0.25) is 4.79 Å². The van der Waals surface area contributed by atoms with E-state index in [4.69, 9.17) is 14.6 Å². The number of nitrogens with one attached hydrogen (secondary N) is 2. The van der Waals surface area contributed by atoms with Gasteiger partial charge in [0, 0.05) is 25.7 Å². The number of methoxy groups -OCH3 is 1. The Hall–Kier alpha value is -3.41. The van der Waals surface area contributed by atoms with Gasteiger partial charge in [0.1, 0.15) is 0 Å². The predicted molar refractivity (Wildman–Crippen MR) is 116 cm³/mol. The highest BCUT2D eigenvalue weighted by atomic mass is 19.4.